The Morgan fingerprint density at radius 3 is 2.57 bits per heavy atom. The van der Waals surface area contributed by atoms with Crippen LogP contribution in [0.15, 0.2) is 48.5 Å². The average molecular weight is 346 g/mol. The van der Waals surface area contributed by atoms with Crippen LogP contribution in [0.2, 0.25) is 4.34 Å². The van der Waals surface area contributed by atoms with Gasteiger partial charge in [0.05, 0.1) is 16.3 Å². The second kappa shape index (κ2) is 6.60. The fourth-order valence-corrected chi connectivity index (χ4v) is 3.50. The first-order valence-electron chi connectivity index (χ1n) is 7.14. The zero-order valence-corrected chi connectivity index (χ0v) is 14.4. The van der Waals surface area contributed by atoms with Crippen molar-refractivity contribution in [3.63, 3.8) is 0 Å². The van der Waals surface area contributed by atoms with Crippen molar-refractivity contribution in [3.05, 3.63) is 63.3 Å². The minimum atomic E-state index is -0.0169. The number of thiophene rings is 1. The summed E-state index contributed by atoms with van der Waals surface area (Å²) < 4.78 is 5.86. The second-order valence-corrected chi connectivity index (χ2v) is 7.03. The number of halogens is 1. The number of methoxy groups -OCH3 is 1. The molecule has 0 bridgehead atoms. The molecule has 23 heavy (non-hydrogen) atoms. The van der Waals surface area contributed by atoms with Crippen LogP contribution in [0.5, 0.6) is 5.75 Å². The molecule has 0 fully saturated rings. The number of rotatable bonds is 4. The first-order chi connectivity index (χ1) is 11.1. The van der Waals surface area contributed by atoms with Crippen LogP contribution >= 0.6 is 22.9 Å². The number of nitrogens with zero attached hydrogens (tertiary/aromatic N) is 1. The lowest BCUT2D eigenvalue weighted by molar-refractivity contribution is 0.0790. The molecule has 0 aliphatic rings. The van der Waals surface area contributed by atoms with Gasteiger partial charge in [-0.2, -0.15) is 0 Å². The van der Waals surface area contributed by atoms with E-state index in [4.69, 9.17) is 16.3 Å². The fraction of sp³-hybridized carbons (Fsp3) is 0.167. The van der Waals surface area contributed by atoms with Gasteiger partial charge in [0, 0.05) is 13.6 Å². The highest BCUT2D eigenvalue weighted by molar-refractivity contribution is 7.17. The Labute approximate surface area is 144 Å². The number of amides is 1. The van der Waals surface area contributed by atoms with Crippen LogP contribution in [-0.2, 0) is 6.54 Å². The van der Waals surface area contributed by atoms with Crippen molar-refractivity contribution in [1.82, 2.24) is 4.90 Å². The number of benzene rings is 2. The van der Waals surface area contributed by atoms with Crippen molar-refractivity contribution in [1.29, 1.82) is 0 Å². The van der Waals surface area contributed by atoms with Crippen LogP contribution in [0.1, 0.15) is 15.2 Å². The third kappa shape index (κ3) is 3.49. The van der Waals surface area contributed by atoms with Gasteiger partial charge in [0.2, 0.25) is 0 Å². The molecule has 0 unspecified atom stereocenters. The third-order valence-electron chi connectivity index (χ3n) is 3.66. The highest BCUT2D eigenvalue weighted by Crippen LogP contribution is 2.24. The van der Waals surface area contributed by atoms with Gasteiger partial charge in [-0.05, 0) is 46.7 Å². The van der Waals surface area contributed by atoms with Crippen molar-refractivity contribution in [2.45, 2.75) is 6.54 Å². The van der Waals surface area contributed by atoms with Crippen molar-refractivity contribution in [3.8, 4) is 5.75 Å². The summed E-state index contributed by atoms with van der Waals surface area (Å²) in [7, 11) is 3.46. The molecule has 0 saturated heterocycles. The van der Waals surface area contributed by atoms with Gasteiger partial charge in [-0.25, -0.2) is 0 Å². The van der Waals surface area contributed by atoms with Gasteiger partial charge in [0.1, 0.15) is 5.75 Å². The number of ether oxygens (including phenoxy) is 1. The fourth-order valence-electron chi connectivity index (χ4n) is 2.46. The molecule has 0 saturated carbocycles. The molecule has 3 aromatic rings. The highest BCUT2D eigenvalue weighted by atomic mass is 35.5. The molecule has 118 valence electrons. The Kier molecular flexibility index (Phi) is 4.55. The molecule has 0 aliphatic heterocycles. The number of hydrogen-bond donors (Lipinski definition) is 0. The topological polar surface area (TPSA) is 29.5 Å². The van der Waals surface area contributed by atoms with E-state index in [1.165, 1.54) is 11.3 Å². The molecule has 0 atom stereocenters. The molecular weight excluding hydrogens is 330 g/mol. The van der Waals surface area contributed by atoms with Crippen molar-refractivity contribution in [2.75, 3.05) is 14.2 Å². The van der Waals surface area contributed by atoms with E-state index in [1.807, 2.05) is 30.3 Å². The third-order valence-corrected chi connectivity index (χ3v) is 4.88. The zero-order chi connectivity index (χ0) is 16.4. The number of carbonyl (C=O) groups excluding carboxylic acids is 1. The Hall–Kier alpha value is -2.04. The maximum Gasteiger partial charge on any atom is 0.264 e. The first kappa shape index (κ1) is 15.8. The van der Waals surface area contributed by atoms with Gasteiger partial charge in [0.25, 0.3) is 5.91 Å². The van der Waals surface area contributed by atoms with E-state index in [0.29, 0.717) is 15.8 Å². The minimum Gasteiger partial charge on any atom is -0.497 e. The van der Waals surface area contributed by atoms with Crippen LogP contribution in [-0.4, -0.2) is 25.0 Å². The standard InChI is InChI=1S/C18H16ClNO2S/c1-20(18(21)16-7-8-17(19)23-16)11-12-3-4-14-10-15(22-2)6-5-13(14)9-12/h3-10H,11H2,1-2H3. The molecule has 0 N–H and O–H groups in total. The van der Waals surface area contributed by atoms with E-state index in [0.717, 1.165) is 22.1 Å². The Bertz CT molecular complexity index is 859. The maximum absolute atomic E-state index is 12.4. The van der Waals surface area contributed by atoms with Gasteiger partial charge in [0.15, 0.2) is 0 Å². The van der Waals surface area contributed by atoms with Gasteiger partial charge in [-0.3, -0.25) is 4.79 Å². The van der Waals surface area contributed by atoms with Crippen LogP contribution in [0.3, 0.4) is 0 Å². The van der Waals surface area contributed by atoms with Gasteiger partial charge < -0.3 is 9.64 Å². The molecule has 1 heterocycles. The molecule has 1 aromatic heterocycles. The summed E-state index contributed by atoms with van der Waals surface area (Å²) in [4.78, 5) is 14.7. The van der Waals surface area contributed by atoms with Crippen molar-refractivity contribution in [2.24, 2.45) is 0 Å². The monoisotopic (exact) mass is 345 g/mol. The van der Waals surface area contributed by atoms with E-state index in [9.17, 15) is 4.79 Å². The predicted octanol–water partition coefficient (Wildman–Crippen LogP) is 4.84. The lowest BCUT2D eigenvalue weighted by Gasteiger charge is -2.16. The molecule has 2 aromatic carbocycles. The van der Waals surface area contributed by atoms with E-state index >= 15 is 0 Å². The van der Waals surface area contributed by atoms with Crippen molar-refractivity contribution >= 4 is 39.6 Å². The minimum absolute atomic E-state index is 0.0169. The summed E-state index contributed by atoms with van der Waals surface area (Å²) in [6, 6.07) is 15.7. The largest absolute Gasteiger partial charge is 0.497 e. The van der Waals surface area contributed by atoms with E-state index in [1.54, 1.807) is 31.2 Å². The quantitative estimate of drug-likeness (QED) is 0.677. The van der Waals surface area contributed by atoms with Crippen LogP contribution < -0.4 is 4.74 Å². The smallest absolute Gasteiger partial charge is 0.264 e. The first-order valence-corrected chi connectivity index (χ1v) is 8.34. The van der Waals surface area contributed by atoms with Gasteiger partial charge in [-0.15, -0.1) is 11.3 Å². The average Bonchev–Trinajstić information content (AvgIpc) is 3.00. The molecule has 0 aliphatic carbocycles. The highest BCUT2D eigenvalue weighted by Gasteiger charge is 2.14. The lowest BCUT2D eigenvalue weighted by Crippen LogP contribution is -2.25. The Morgan fingerprint density at radius 2 is 1.87 bits per heavy atom. The summed E-state index contributed by atoms with van der Waals surface area (Å²) >= 11 is 7.20. The number of fused-ring (bicyclic) bond motifs is 1. The number of carbonyl (C=O) groups is 1. The molecule has 3 nitrogen and oxygen atoms in total. The van der Waals surface area contributed by atoms with Gasteiger partial charge >= 0.3 is 0 Å². The Morgan fingerprint density at radius 1 is 1.13 bits per heavy atom. The second-order valence-electron chi connectivity index (χ2n) is 5.31. The lowest BCUT2D eigenvalue weighted by atomic mass is 10.1. The predicted molar refractivity (Wildman–Crippen MR) is 95.6 cm³/mol. The summed E-state index contributed by atoms with van der Waals surface area (Å²) in [5.74, 6) is 0.823. The van der Waals surface area contributed by atoms with Crippen LogP contribution in [0, 0.1) is 0 Å². The molecule has 1 amide bonds. The molecule has 0 spiro atoms. The maximum atomic E-state index is 12.4. The summed E-state index contributed by atoms with van der Waals surface area (Å²) in [5.41, 5.74) is 1.08. The summed E-state index contributed by atoms with van der Waals surface area (Å²) in [5, 5.41) is 2.25. The zero-order valence-electron chi connectivity index (χ0n) is 12.9. The molecule has 5 heteroatoms. The molecule has 3 rings (SSSR count). The SMILES string of the molecule is COc1ccc2cc(CN(C)C(=O)c3ccc(Cl)s3)ccc2c1. The van der Waals surface area contributed by atoms with E-state index < -0.39 is 0 Å². The van der Waals surface area contributed by atoms with Crippen molar-refractivity contribution < 1.29 is 9.53 Å². The van der Waals surface area contributed by atoms with Crippen LogP contribution in [0.4, 0.5) is 0 Å². The molecule has 0 radical (unpaired) electrons. The molecular formula is C18H16ClNO2S. The van der Waals surface area contributed by atoms with E-state index in [2.05, 4.69) is 6.07 Å². The Balaban J connectivity index is 1.79. The number of hydrogen-bond acceptors (Lipinski definition) is 3. The van der Waals surface area contributed by atoms with E-state index in [-0.39, 0.29) is 5.91 Å². The van der Waals surface area contributed by atoms with Crippen LogP contribution in [0.25, 0.3) is 10.8 Å². The summed E-state index contributed by atoms with van der Waals surface area (Å²) in [6.45, 7) is 0.552. The van der Waals surface area contributed by atoms with Gasteiger partial charge in [-0.1, -0.05) is 29.8 Å². The summed E-state index contributed by atoms with van der Waals surface area (Å²) in [6.07, 6.45) is 0. The normalized spacial score (nSPS) is 10.7.